The van der Waals surface area contributed by atoms with E-state index in [-0.39, 0.29) is 31.2 Å². The number of ether oxygens (including phenoxy) is 2. The molecule has 4 rings (SSSR count). The molecule has 0 saturated carbocycles. The Balaban J connectivity index is 1.39. The molecule has 2 aromatic heterocycles. The fraction of sp³-hybridized carbons (Fsp3) is 0.241. The molecular weight excluding hydrogens is 510 g/mol. The van der Waals surface area contributed by atoms with Crippen molar-refractivity contribution >= 4 is 5.91 Å². The van der Waals surface area contributed by atoms with Crippen molar-refractivity contribution in [3.8, 4) is 34.5 Å². The van der Waals surface area contributed by atoms with E-state index in [2.05, 4.69) is 26.5 Å². The molecule has 2 atom stereocenters. The molecule has 0 fully saturated rings. The van der Waals surface area contributed by atoms with Crippen LogP contribution in [0.5, 0.6) is 5.75 Å². The van der Waals surface area contributed by atoms with Gasteiger partial charge in [-0.2, -0.15) is 10.4 Å². The van der Waals surface area contributed by atoms with Gasteiger partial charge in [-0.3, -0.25) is 9.59 Å². The molecule has 0 aliphatic carbocycles. The number of carbonyl (C=O) groups excluding carboxylic acids is 1. The molecule has 2 heterocycles. The van der Waals surface area contributed by atoms with E-state index < -0.39 is 12.1 Å². The van der Waals surface area contributed by atoms with Crippen LogP contribution in [-0.2, 0) is 16.1 Å². The normalized spacial score (nSPS) is 12.2. The standard InChI is InChI=1S/C29H29N7O4/c1-19(39-2)27(31)29(38)32-11-12-40-24-16-33-28(34-17-24)23-8-4-6-21(14-23)18-36-26(37)10-9-25(35-36)22-7-3-5-20(13-22)15-30/h3-10,13-14,16-17,19,27H,11-12,18,31H2,1-2H3,(H,32,38)/t19-,27-/m0/s1. The summed E-state index contributed by atoms with van der Waals surface area (Å²) in [6.45, 7) is 2.46. The van der Waals surface area contributed by atoms with Crippen molar-refractivity contribution in [2.45, 2.75) is 25.6 Å². The predicted octanol–water partition coefficient (Wildman–Crippen LogP) is 2.14. The molecule has 0 aliphatic heterocycles. The monoisotopic (exact) mass is 539 g/mol. The lowest BCUT2D eigenvalue weighted by Gasteiger charge is -2.17. The predicted molar refractivity (Wildman–Crippen MR) is 148 cm³/mol. The highest BCUT2D eigenvalue weighted by Gasteiger charge is 2.19. The second kappa shape index (κ2) is 13.2. The Morgan fingerprint density at radius 3 is 2.60 bits per heavy atom. The van der Waals surface area contributed by atoms with Crippen LogP contribution < -0.4 is 21.3 Å². The highest BCUT2D eigenvalue weighted by molar-refractivity contribution is 5.82. The summed E-state index contributed by atoms with van der Waals surface area (Å²) in [5.74, 6) is 0.628. The number of methoxy groups -OCH3 is 1. The van der Waals surface area contributed by atoms with Crippen LogP contribution in [0.1, 0.15) is 18.1 Å². The number of hydrogen-bond acceptors (Lipinski definition) is 9. The van der Waals surface area contributed by atoms with E-state index in [9.17, 15) is 14.9 Å². The molecule has 4 aromatic rings. The van der Waals surface area contributed by atoms with Crippen molar-refractivity contribution in [1.82, 2.24) is 25.1 Å². The van der Waals surface area contributed by atoms with Gasteiger partial charge in [-0.25, -0.2) is 14.6 Å². The molecule has 204 valence electrons. The number of nitrogens with two attached hydrogens (primary N) is 1. The highest BCUT2D eigenvalue weighted by Crippen LogP contribution is 2.20. The van der Waals surface area contributed by atoms with Gasteiger partial charge < -0.3 is 20.5 Å². The number of amides is 1. The summed E-state index contributed by atoms with van der Waals surface area (Å²) >= 11 is 0. The molecule has 40 heavy (non-hydrogen) atoms. The molecule has 2 aromatic carbocycles. The van der Waals surface area contributed by atoms with E-state index in [0.717, 1.165) is 16.7 Å². The van der Waals surface area contributed by atoms with E-state index in [1.807, 2.05) is 30.3 Å². The molecular formula is C29H29N7O4. The lowest BCUT2D eigenvalue weighted by atomic mass is 10.1. The van der Waals surface area contributed by atoms with Gasteiger partial charge in [0.25, 0.3) is 5.56 Å². The van der Waals surface area contributed by atoms with Crippen LogP contribution in [-0.4, -0.2) is 58.1 Å². The molecule has 0 bridgehead atoms. The van der Waals surface area contributed by atoms with Crippen LogP contribution in [0.15, 0.2) is 77.9 Å². The van der Waals surface area contributed by atoms with Crippen LogP contribution >= 0.6 is 0 Å². The number of carbonyl (C=O) groups is 1. The number of nitriles is 1. The second-order valence-corrected chi connectivity index (χ2v) is 8.96. The zero-order chi connectivity index (χ0) is 28.5. The van der Waals surface area contributed by atoms with E-state index in [1.54, 1.807) is 43.6 Å². The van der Waals surface area contributed by atoms with Crippen molar-refractivity contribution in [2.75, 3.05) is 20.3 Å². The number of nitrogens with one attached hydrogen (secondary N) is 1. The maximum atomic E-state index is 12.5. The van der Waals surface area contributed by atoms with Gasteiger partial charge in [0.15, 0.2) is 11.6 Å². The van der Waals surface area contributed by atoms with Crippen LogP contribution in [0.25, 0.3) is 22.6 Å². The van der Waals surface area contributed by atoms with Crippen molar-refractivity contribution in [1.29, 1.82) is 5.26 Å². The lowest BCUT2D eigenvalue weighted by molar-refractivity contribution is -0.125. The van der Waals surface area contributed by atoms with Crippen LogP contribution in [0, 0.1) is 11.3 Å². The minimum Gasteiger partial charge on any atom is -0.489 e. The Hall–Kier alpha value is -4.92. The minimum absolute atomic E-state index is 0.222. The first kappa shape index (κ1) is 28.1. The topological polar surface area (TPSA) is 158 Å². The van der Waals surface area contributed by atoms with Gasteiger partial charge >= 0.3 is 0 Å². The number of benzene rings is 2. The van der Waals surface area contributed by atoms with Gasteiger partial charge in [-0.1, -0.05) is 30.3 Å². The lowest BCUT2D eigenvalue weighted by Crippen LogP contribution is -2.48. The summed E-state index contributed by atoms with van der Waals surface area (Å²) in [6.07, 6.45) is 2.72. The Bertz CT molecular complexity index is 1560. The molecule has 0 unspecified atom stereocenters. The number of rotatable bonds is 11. The maximum absolute atomic E-state index is 12.5. The molecule has 1 amide bonds. The van der Waals surface area contributed by atoms with Gasteiger partial charge in [0.05, 0.1) is 48.9 Å². The summed E-state index contributed by atoms with van der Waals surface area (Å²) in [4.78, 5) is 33.3. The Labute approximate surface area is 231 Å². The first-order valence-electron chi connectivity index (χ1n) is 12.6. The Morgan fingerprint density at radius 2 is 1.85 bits per heavy atom. The van der Waals surface area contributed by atoms with Gasteiger partial charge in [0, 0.05) is 24.3 Å². The average molecular weight is 540 g/mol. The van der Waals surface area contributed by atoms with Gasteiger partial charge in [-0.05, 0) is 36.8 Å². The fourth-order valence-corrected chi connectivity index (χ4v) is 3.81. The number of hydrogen-bond donors (Lipinski definition) is 2. The van der Waals surface area contributed by atoms with Crippen molar-refractivity contribution < 1.29 is 14.3 Å². The number of nitrogens with zero attached hydrogens (tertiary/aromatic N) is 5. The second-order valence-electron chi connectivity index (χ2n) is 8.96. The third kappa shape index (κ3) is 7.13. The Kier molecular flexibility index (Phi) is 9.30. The number of aromatic nitrogens is 4. The Morgan fingerprint density at radius 1 is 1.10 bits per heavy atom. The van der Waals surface area contributed by atoms with Crippen LogP contribution in [0.4, 0.5) is 0 Å². The largest absolute Gasteiger partial charge is 0.489 e. The molecule has 11 nitrogen and oxygen atoms in total. The highest BCUT2D eigenvalue weighted by atomic mass is 16.5. The summed E-state index contributed by atoms with van der Waals surface area (Å²) in [6, 6.07) is 19.1. The van der Waals surface area contributed by atoms with E-state index in [1.165, 1.54) is 17.9 Å². The van der Waals surface area contributed by atoms with E-state index >= 15 is 0 Å². The van der Waals surface area contributed by atoms with Gasteiger partial charge in [0.1, 0.15) is 12.6 Å². The van der Waals surface area contributed by atoms with Gasteiger partial charge in [-0.15, -0.1) is 0 Å². The molecule has 0 spiro atoms. The molecule has 3 N–H and O–H groups in total. The van der Waals surface area contributed by atoms with Crippen LogP contribution in [0.2, 0.25) is 0 Å². The third-order valence-electron chi connectivity index (χ3n) is 6.15. The maximum Gasteiger partial charge on any atom is 0.267 e. The fourth-order valence-electron chi connectivity index (χ4n) is 3.81. The molecule has 0 saturated heterocycles. The molecule has 0 aliphatic rings. The van der Waals surface area contributed by atoms with Crippen molar-refractivity contribution in [3.63, 3.8) is 0 Å². The first-order chi connectivity index (χ1) is 19.4. The van der Waals surface area contributed by atoms with Crippen molar-refractivity contribution in [2.24, 2.45) is 5.73 Å². The van der Waals surface area contributed by atoms with E-state index in [4.69, 9.17) is 15.2 Å². The zero-order valence-electron chi connectivity index (χ0n) is 22.2. The quantitative estimate of drug-likeness (QED) is 0.272. The van der Waals surface area contributed by atoms with E-state index in [0.29, 0.717) is 22.8 Å². The summed E-state index contributed by atoms with van der Waals surface area (Å²) < 4.78 is 12.1. The molecule has 0 radical (unpaired) electrons. The first-order valence-corrected chi connectivity index (χ1v) is 12.6. The minimum atomic E-state index is -0.761. The zero-order valence-corrected chi connectivity index (χ0v) is 22.2. The SMILES string of the molecule is CO[C@@H](C)[C@H](N)C(=O)NCCOc1cnc(-c2cccc(Cn3nc(-c4cccc(C#N)c4)ccc3=O)c2)nc1. The summed E-state index contributed by atoms with van der Waals surface area (Å²) in [5, 5.41) is 16.4. The smallest absolute Gasteiger partial charge is 0.267 e. The average Bonchev–Trinajstić information content (AvgIpc) is 3.00. The van der Waals surface area contributed by atoms with Crippen LogP contribution in [0.3, 0.4) is 0 Å². The summed E-state index contributed by atoms with van der Waals surface area (Å²) in [7, 11) is 1.50. The third-order valence-corrected chi connectivity index (χ3v) is 6.15. The van der Waals surface area contributed by atoms with Gasteiger partial charge in [0.2, 0.25) is 5.91 Å². The molecule has 11 heteroatoms. The summed E-state index contributed by atoms with van der Waals surface area (Å²) in [5.41, 5.74) is 9.05. The van der Waals surface area contributed by atoms with Crippen molar-refractivity contribution in [3.05, 3.63) is 94.5 Å².